The molecule has 4 nitrogen and oxygen atoms in total. The van der Waals surface area contributed by atoms with Crippen LogP contribution < -0.4 is 5.32 Å². The van der Waals surface area contributed by atoms with E-state index in [9.17, 15) is 0 Å². The largest absolute Gasteiger partial charge is 0.453 e. The standard InChI is InChI=1S/C9H14BrNO3/c1-6(11-4-7(13)5-12)8-2-3-9(10)14-8/h2-3,6-7,11-13H,4-5H2,1H3. The van der Waals surface area contributed by atoms with Gasteiger partial charge in [0.1, 0.15) is 5.76 Å². The fourth-order valence-corrected chi connectivity index (χ4v) is 1.36. The highest BCUT2D eigenvalue weighted by atomic mass is 79.9. The van der Waals surface area contributed by atoms with Crippen molar-refractivity contribution in [2.45, 2.75) is 19.1 Å². The van der Waals surface area contributed by atoms with Gasteiger partial charge in [0.2, 0.25) is 0 Å². The van der Waals surface area contributed by atoms with Crippen molar-refractivity contribution in [1.29, 1.82) is 0 Å². The summed E-state index contributed by atoms with van der Waals surface area (Å²) in [5, 5.41) is 20.7. The average Bonchev–Trinajstić information content (AvgIpc) is 2.60. The smallest absolute Gasteiger partial charge is 0.169 e. The SMILES string of the molecule is CC(NCC(O)CO)c1ccc(Br)o1. The molecular weight excluding hydrogens is 250 g/mol. The third-order valence-electron chi connectivity index (χ3n) is 1.89. The van der Waals surface area contributed by atoms with Crippen LogP contribution in [0.1, 0.15) is 18.7 Å². The lowest BCUT2D eigenvalue weighted by Crippen LogP contribution is -2.31. The first-order valence-electron chi connectivity index (χ1n) is 4.41. The molecule has 0 fully saturated rings. The maximum atomic E-state index is 9.11. The van der Waals surface area contributed by atoms with Crippen LogP contribution in [-0.2, 0) is 0 Å². The molecule has 5 heteroatoms. The minimum absolute atomic E-state index is 0.0162. The number of hydrogen-bond donors (Lipinski definition) is 3. The average molecular weight is 264 g/mol. The number of hydrogen-bond acceptors (Lipinski definition) is 4. The summed E-state index contributed by atoms with van der Waals surface area (Å²) in [5.41, 5.74) is 0. The van der Waals surface area contributed by atoms with E-state index in [0.717, 1.165) is 5.76 Å². The molecule has 1 aromatic rings. The number of nitrogens with one attached hydrogen (secondary N) is 1. The topological polar surface area (TPSA) is 65.6 Å². The molecule has 0 aromatic carbocycles. The molecule has 3 N–H and O–H groups in total. The second kappa shape index (κ2) is 5.50. The molecule has 1 heterocycles. The normalized spacial score (nSPS) is 15.4. The minimum Gasteiger partial charge on any atom is -0.453 e. The van der Waals surface area contributed by atoms with Gasteiger partial charge >= 0.3 is 0 Å². The Morgan fingerprint density at radius 1 is 1.57 bits per heavy atom. The van der Waals surface area contributed by atoms with Gasteiger partial charge in [-0.25, -0.2) is 0 Å². The summed E-state index contributed by atoms with van der Waals surface area (Å²) in [6, 6.07) is 3.69. The Balaban J connectivity index is 2.39. The van der Waals surface area contributed by atoms with Gasteiger partial charge in [-0.3, -0.25) is 0 Å². The molecule has 0 saturated heterocycles. The van der Waals surface area contributed by atoms with Crippen LogP contribution in [0.15, 0.2) is 21.2 Å². The molecule has 0 radical (unpaired) electrons. The summed E-state index contributed by atoms with van der Waals surface area (Å²) in [5.74, 6) is 0.794. The summed E-state index contributed by atoms with van der Waals surface area (Å²) in [6.07, 6.45) is -0.726. The highest BCUT2D eigenvalue weighted by molar-refractivity contribution is 9.10. The van der Waals surface area contributed by atoms with Crippen molar-refractivity contribution in [2.75, 3.05) is 13.2 Å². The van der Waals surface area contributed by atoms with Crippen LogP contribution in [-0.4, -0.2) is 29.5 Å². The predicted molar refractivity (Wildman–Crippen MR) is 55.9 cm³/mol. The Bertz CT molecular complexity index is 277. The first-order valence-corrected chi connectivity index (χ1v) is 5.20. The van der Waals surface area contributed by atoms with Crippen molar-refractivity contribution in [3.8, 4) is 0 Å². The fourth-order valence-electron chi connectivity index (χ4n) is 1.04. The number of aliphatic hydroxyl groups excluding tert-OH is 2. The Labute approximate surface area is 91.1 Å². The van der Waals surface area contributed by atoms with Crippen molar-refractivity contribution >= 4 is 15.9 Å². The molecule has 0 amide bonds. The monoisotopic (exact) mass is 263 g/mol. The number of aliphatic hydroxyl groups is 2. The zero-order valence-corrected chi connectivity index (χ0v) is 9.49. The molecule has 1 rings (SSSR count). The van der Waals surface area contributed by atoms with Gasteiger partial charge in [-0.15, -0.1) is 0 Å². The minimum atomic E-state index is -0.726. The molecule has 0 bridgehead atoms. The van der Waals surface area contributed by atoms with Crippen molar-refractivity contribution in [1.82, 2.24) is 5.32 Å². The van der Waals surface area contributed by atoms with E-state index >= 15 is 0 Å². The Morgan fingerprint density at radius 2 is 2.29 bits per heavy atom. The highest BCUT2D eigenvalue weighted by Crippen LogP contribution is 2.19. The first kappa shape index (κ1) is 11.7. The molecule has 0 aliphatic carbocycles. The lowest BCUT2D eigenvalue weighted by atomic mass is 10.2. The highest BCUT2D eigenvalue weighted by Gasteiger charge is 2.10. The Kier molecular flexibility index (Phi) is 4.60. The van der Waals surface area contributed by atoms with Crippen LogP contribution in [0.5, 0.6) is 0 Å². The molecule has 2 unspecified atom stereocenters. The molecule has 0 aliphatic rings. The van der Waals surface area contributed by atoms with E-state index in [4.69, 9.17) is 14.6 Å². The summed E-state index contributed by atoms with van der Waals surface area (Å²) in [6.45, 7) is 2.03. The predicted octanol–water partition coefficient (Wildman–Crippen LogP) is 1.05. The summed E-state index contributed by atoms with van der Waals surface area (Å²) in [4.78, 5) is 0. The van der Waals surface area contributed by atoms with Gasteiger partial charge < -0.3 is 19.9 Å². The second-order valence-electron chi connectivity index (χ2n) is 3.11. The zero-order chi connectivity index (χ0) is 10.6. The fraction of sp³-hybridized carbons (Fsp3) is 0.556. The van der Waals surface area contributed by atoms with E-state index < -0.39 is 6.10 Å². The van der Waals surface area contributed by atoms with E-state index in [-0.39, 0.29) is 12.6 Å². The van der Waals surface area contributed by atoms with E-state index in [0.29, 0.717) is 11.2 Å². The Hall–Kier alpha value is -0.360. The van der Waals surface area contributed by atoms with Gasteiger partial charge in [0.05, 0.1) is 18.8 Å². The lowest BCUT2D eigenvalue weighted by molar-refractivity contribution is 0.0917. The van der Waals surface area contributed by atoms with Crippen LogP contribution >= 0.6 is 15.9 Å². The van der Waals surface area contributed by atoms with Crippen LogP contribution in [0.2, 0.25) is 0 Å². The van der Waals surface area contributed by atoms with E-state index in [1.54, 1.807) is 0 Å². The van der Waals surface area contributed by atoms with Crippen LogP contribution in [0, 0.1) is 0 Å². The summed E-state index contributed by atoms with van der Waals surface area (Å²) >= 11 is 3.21. The number of rotatable bonds is 5. The molecule has 0 spiro atoms. The molecule has 1 aromatic heterocycles. The quantitative estimate of drug-likeness (QED) is 0.743. The number of halogens is 1. The summed E-state index contributed by atoms with van der Waals surface area (Å²) in [7, 11) is 0. The lowest BCUT2D eigenvalue weighted by Gasteiger charge is -2.13. The van der Waals surface area contributed by atoms with Crippen molar-refractivity contribution < 1.29 is 14.6 Å². The van der Waals surface area contributed by atoms with Gasteiger partial charge in [0.15, 0.2) is 4.67 Å². The maximum absolute atomic E-state index is 9.11. The second-order valence-corrected chi connectivity index (χ2v) is 3.89. The van der Waals surface area contributed by atoms with Gasteiger partial charge in [0, 0.05) is 6.54 Å². The molecular formula is C9H14BrNO3. The third kappa shape index (κ3) is 3.42. The molecule has 0 saturated carbocycles. The summed E-state index contributed by atoms with van der Waals surface area (Å²) < 4.78 is 6.01. The van der Waals surface area contributed by atoms with Crippen LogP contribution in [0.25, 0.3) is 0 Å². The maximum Gasteiger partial charge on any atom is 0.169 e. The molecule has 80 valence electrons. The van der Waals surface area contributed by atoms with Gasteiger partial charge in [0.25, 0.3) is 0 Å². The zero-order valence-electron chi connectivity index (χ0n) is 7.90. The first-order chi connectivity index (χ1) is 6.63. The third-order valence-corrected chi connectivity index (χ3v) is 2.32. The van der Waals surface area contributed by atoms with Crippen molar-refractivity contribution in [3.05, 3.63) is 22.6 Å². The van der Waals surface area contributed by atoms with Gasteiger partial charge in [-0.05, 0) is 35.0 Å². The van der Waals surface area contributed by atoms with E-state index in [2.05, 4.69) is 21.2 Å². The van der Waals surface area contributed by atoms with Gasteiger partial charge in [-0.2, -0.15) is 0 Å². The van der Waals surface area contributed by atoms with Crippen molar-refractivity contribution in [3.63, 3.8) is 0 Å². The van der Waals surface area contributed by atoms with Gasteiger partial charge in [-0.1, -0.05) is 0 Å². The molecule has 14 heavy (non-hydrogen) atoms. The molecule has 2 atom stereocenters. The van der Waals surface area contributed by atoms with Crippen LogP contribution in [0.4, 0.5) is 0 Å². The number of furan rings is 1. The molecule has 0 aliphatic heterocycles. The van der Waals surface area contributed by atoms with E-state index in [1.165, 1.54) is 0 Å². The van der Waals surface area contributed by atoms with E-state index in [1.807, 2.05) is 19.1 Å². The van der Waals surface area contributed by atoms with Crippen LogP contribution in [0.3, 0.4) is 0 Å². The van der Waals surface area contributed by atoms with Crippen molar-refractivity contribution in [2.24, 2.45) is 0 Å². The Morgan fingerprint density at radius 3 is 2.79 bits per heavy atom.